The number of nitrogens with one attached hydrogen (secondary N) is 3. The predicted octanol–water partition coefficient (Wildman–Crippen LogP) is 0.709. The molecule has 9 N–H and O–H groups in total. The molecule has 1 aromatic heterocycles. The SMILES string of the molecule is NC(=O)NCc1ccc(CN(C(=O)c2ccc3[nH]ccc3c2)[C@H](CCCN=C(N)N[N+](=O)[O-])C(N)=O)cc1. The van der Waals surface area contributed by atoms with E-state index < -0.39 is 28.9 Å². The second-order valence-electron chi connectivity index (χ2n) is 8.44. The second-order valence-corrected chi connectivity index (χ2v) is 8.44. The van der Waals surface area contributed by atoms with Crippen molar-refractivity contribution < 1.29 is 19.4 Å². The van der Waals surface area contributed by atoms with E-state index in [1.54, 1.807) is 54.1 Å². The summed E-state index contributed by atoms with van der Waals surface area (Å²) >= 11 is 0. The molecule has 200 valence electrons. The van der Waals surface area contributed by atoms with Gasteiger partial charge in [0.15, 0.2) is 5.03 Å². The molecule has 38 heavy (non-hydrogen) atoms. The van der Waals surface area contributed by atoms with E-state index in [4.69, 9.17) is 17.2 Å². The number of benzene rings is 2. The minimum absolute atomic E-state index is 0.0787. The number of aromatic amines is 1. The first kappa shape index (κ1) is 27.4. The highest BCUT2D eigenvalue weighted by Crippen LogP contribution is 2.21. The van der Waals surface area contributed by atoms with Crippen molar-refractivity contribution >= 4 is 34.7 Å². The van der Waals surface area contributed by atoms with E-state index in [2.05, 4.69) is 15.3 Å². The summed E-state index contributed by atoms with van der Waals surface area (Å²) < 4.78 is 0. The second kappa shape index (κ2) is 12.7. The molecule has 14 heteroatoms. The lowest BCUT2D eigenvalue weighted by Gasteiger charge is -2.30. The van der Waals surface area contributed by atoms with Crippen LogP contribution in [0.4, 0.5) is 4.79 Å². The summed E-state index contributed by atoms with van der Waals surface area (Å²) in [4.78, 5) is 56.0. The van der Waals surface area contributed by atoms with Gasteiger partial charge in [-0.3, -0.25) is 9.59 Å². The van der Waals surface area contributed by atoms with Gasteiger partial charge in [0.25, 0.3) is 11.9 Å². The number of aliphatic imine (C=N–C) groups is 1. The Labute approximate surface area is 217 Å². The zero-order valence-electron chi connectivity index (χ0n) is 20.4. The molecule has 0 unspecified atom stereocenters. The van der Waals surface area contributed by atoms with E-state index in [0.717, 1.165) is 22.0 Å². The summed E-state index contributed by atoms with van der Waals surface area (Å²) in [6, 6.07) is 12.5. The Kier molecular flexibility index (Phi) is 9.18. The molecule has 3 rings (SSSR count). The van der Waals surface area contributed by atoms with E-state index in [1.807, 2.05) is 6.07 Å². The summed E-state index contributed by atoms with van der Waals surface area (Å²) in [5, 5.41) is 13.0. The molecule has 0 radical (unpaired) electrons. The van der Waals surface area contributed by atoms with Gasteiger partial charge < -0.3 is 32.4 Å². The van der Waals surface area contributed by atoms with Crippen molar-refractivity contribution in [2.75, 3.05) is 6.54 Å². The van der Waals surface area contributed by atoms with Crippen LogP contribution < -0.4 is 27.9 Å². The van der Waals surface area contributed by atoms with Gasteiger partial charge in [0.1, 0.15) is 6.04 Å². The molecule has 0 aliphatic heterocycles. The fourth-order valence-electron chi connectivity index (χ4n) is 3.89. The van der Waals surface area contributed by atoms with Crippen molar-refractivity contribution in [2.45, 2.75) is 32.0 Å². The summed E-state index contributed by atoms with van der Waals surface area (Å²) in [6.45, 7) is 0.401. The number of nitro groups is 1. The fraction of sp³-hybridized carbons (Fsp3) is 0.250. The quantitative estimate of drug-likeness (QED) is 0.0654. The number of urea groups is 1. The molecule has 0 aliphatic carbocycles. The highest BCUT2D eigenvalue weighted by atomic mass is 16.7. The number of hydrogen-bond acceptors (Lipinski definition) is 6. The van der Waals surface area contributed by atoms with Gasteiger partial charge in [-0.05, 0) is 48.2 Å². The standard InChI is InChI=1S/C24H29N9O5/c25-21(34)20(2-1-10-29-23(26)31-33(37)38)32(14-16-5-3-15(4-6-16)13-30-24(27)36)22(35)18-7-8-19-17(12-18)9-11-28-19/h3-9,11-12,20,28H,1-2,10,13-14H2,(H2,25,34)(H3,26,29,31)(H3,27,30,36)/t20-/m1/s1. The first-order valence-electron chi connectivity index (χ1n) is 11.6. The number of primary amides is 2. The molecule has 2 aromatic carbocycles. The van der Waals surface area contributed by atoms with Gasteiger partial charge in [0, 0.05) is 42.3 Å². The van der Waals surface area contributed by atoms with Crippen LogP contribution in [0.3, 0.4) is 0 Å². The molecular weight excluding hydrogens is 494 g/mol. The third-order valence-corrected chi connectivity index (χ3v) is 5.73. The number of fused-ring (bicyclic) bond motifs is 1. The third kappa shape index (κ3) is 7.68. The number of amides is 4. The Bertz CT molecular complexity index is 1340. The minimum Gasteiger partial charge on any atom is -0.368 e. The monoisotopic (exact) mass is 523 g/mol. The Hall–Kier alpha value is -5.14. The van der Waals surface area contributed by atoms with Gasteiger partial charge in [0.05, 0.1) is 0 Å². The van der Waals surface area contributed by atoms with Gasteiger partial charge in [-0.25, -0.2) is 19.9 Å². The van der Waals surface area contributed by atoms with Gasteiger partial charge in [-0.1, -0.05) is 29.7 Å². The van der Waals surface area contributed by atoms with Crippen LogP contribution in [0.5, 0.6) is 0 Å². The molecule has 1 atom stereocenters. The van der Waals surface area contributed by atoms with Crippen molar-refractivity contribution in [2.24, 2.45) is 22.2 Å². The molecule has 3 aromatic rings. The number of aromatic nitrogens is 1. The van der Waals surface area contributed by atoms with Gasteiger partial charge in [0.2, 0.25) is 5.91 Å². The maximum absolute atomic E-state index is 13.7. The maximum atomic E-state index is 13.7. The Morgan fingerprint density at radius 1 is 1.05 bits per heavy atom. The third-order valence-electron chi connectivity index (χ3n) is 5.73. The largest absolute Gasteiger partial charge is 0.368 e. The molecule has 0 bridgehead atoms. The number of hydrazine groups is 1. The van der Waals surface area contributed by atoms with Crippen molar-refractivity contribution in [1.29, 1.82) is 0 Å². The number of carbonyl (C=O) groups is 3. The van der Waals surface area contributed by atoms with Crippen molar-refractivity contribution in [3.63, 3.8) is 0 Å². The summed E-state index contributed by atoms with van der Waals surface area (Å²) in [6.07, 6.45) is 2.20. The highest BCUT2D eigenvalue weighted by Gasteiger charge is 2.29. The smallest absolute Gasteiger partial charge is 0.312 e. The average Bonchev–Trinajstić information content (AvgIpc) is 3.34. The van der Waals surface area contributed by atoms with E-state index in [1.165, 1.54) is 4.90 Å². The average molecular weight is 524 g/mol. The molecular formula is C24H29N9O5. The molecule has 14 nitrogen and oxygen atoms in total. The Morgan fingerprint density at radius 3 is 2.42 bits per heavy atom. The highest BCUT2D eigenvalue weighted by molar-refractivity contribution is 6.00. The minimum atomic E-state index is -0.986. The van der Waals surface area contributed by atoms with Crippen molar-refractivity contribution in [3.05, 3.63) is 81.5 Å². The summed E-state index contributed by atoms with van der Waals surface area (Å²) in [5.74, 6) is -1.47. The normalized spacial score (nSPS) is 12.1. The van der Waals surface area contributed by atoms with Gasteiger partial charge in [-0.15, -0.1) is 0 Å². The number of guanidine groups is 1. The lowest BCUT2D eigenvalue weighted by molar-refractivity contribution is -0.525. The Morgan fingerprint density at radius 2 is 1.76 bits per heavy atom. The van der Waals surface area contributed by atoms with Crippen LogP contribution in [0.1, 0.15) is 34.3 Å². The molecule has 0 fully saturated rings. The van der Waals surface area contributed by atoms with E-state index >= 15 is 0 Å². The first-order valence-corrected chi connectivity index (χ1v) is 11.6. The van der Waals surface area contributed by atoms with E-state index in [9.17, 15) is 24.5 Å². The van der Waals surface area contributed by atoms with Crippen molar-refractivity contribution in [1.82, 2.24) is 20.6 Å². The number of hydrogen-bond donors (Lipinski definition) is 6. The molecule has 0 aliphatic rings. The van der Waals surface area contributed by atoms with Gasteiger partial charge in [-0.2, -0.15) is 0 Å². The van der Waals surface area contributed by atoms with E-state index in [0.29, 0.717) is 5.56 Å². The first-order chi connectivity index (χ1) is 18.1. The molecule has 0 spiro atoms. The topological polar surface area (TPSA) is 228 Å². The summed E-state index contributed by atoms with van der Waals surface area (Å²) in [5.41, 5.74) is 20.8. The number of carbonyl (C=O) groups excluding carboxylic acids is 3. The lowest BCUT2D eigenvalue weighted by atomic mass is 10.0. The lowest BCUT2D eigenvalue weighted by Crippen LogP contribution is -2.47. The zero-order chi connectivity index (χ0) is 27.7. The Balaban J connectivity index is 1.83. The predicted molar refractivity (Wildman–Crippen MR) is 140 cm³/mol. The molecule has 0 saturated carbocycles. The van der Waals surface area contributed by atoms with Gasteiger partial charge >= 0.3 is 6.03 Å². The number of nitrogens with two attached hydrogens (primary N) is 3. The van der Waals surface area contributed by atoms with Crippen LogP contribution in [-0.2, 0) is 17.9 Å². The number of nitrogens with zero attached hydrogens (tertiary/aromatic N) is 3. The van der Waals surface area contributed by atoms with Crippen LogP contribution in [-0.4, -0.2) is 51.3 Å². The molecule has 4 amide bonds. The number of H-pyrrole nitrogens is 1. The van der Waals surface area contributed by atoms with Crippen LogP contribution >= 0.6 is 0 Å². The molecule has 0 saturated heterocycles. The van der Waals surface area contributed by atoms with Crippen molar-refractivity contribution in [3.8, 4) is 0 Å². The summed E-state index contributed by atoms with van der Waals surface area (Å²) in [7, 11) is 0. The van der Waals surface area contributed by atoms with Crippen LogP contribution in [0.2, 0.25) is 0 Å². The van der Waals surface area contributed by atoms with E-state index in [-0.39, 0.29) is 38.4 Å². The zero-order valence-corrected chi connectivity index (χ0v) is 20.4. The maximum Gasteiger partial charge on any atom is 0.312 e. The van der Waals surface area contributed by atoms with Crippen LogP contribution in [0.25, 0.3) is 10.9 Å². The molecule has 1 heterocycles. The fourth-order valence-corrected chi connectivity index (χ4v) is 3.89. The van der Waals surface area contributed by atoms with Crippen LogP contribution in [0, 0.1) is 10.1 Å². The van der Waals surface area contributed by atoms with Crippen LogP contribution in [0.15, 0.2) is 59.7 Å². The number of rotatable bonds is 12.